The summed E-state index contributed by atoms with van der Waals surface area (Å²) in [4.78, 5) is 23.4. The number of ether oxygens (including phenoxy) is 1. The van der Waals surface area contributed by atoms with Crippen LogP contribution >= 0.6 is 11.3 Å². The highest BCUT2D eigenvalue weighted by Gasteiger charge is 2.20. The topological polar surface area (TPSA) is 67.4 Å². The Morgan fingerprint density at radius 2 is 2.36 bits per heavy atom. The second kappa shape index (κ2) is 8.40. The van der Waals surface area contributed by atoms with E-state index in [4.69, 9.17) is 4.74 Å². The van der Waals surface area contributed by atoms with Crippen LogP contribution in [0.4, 0.5) is 5.82 Å². The molecule has 2 aromatic heterocycles. The van der Waals surface area contributed by atoms with E-state index >= 15 is 0 Å². The van der Waals surface area contributed by atoms with E-state index in [0.29, 0.717) is 12.1 Å². The number of anilines is 1. The molecule has 1 fully saturated rings. The summed E-state index contributed by atoms with van der Waals surface area (Å²) in [6.07, 6.45) is 4.99. The van der Waals surface area contributed by atoms with Gasteiger partial charge in [0, 0.05) is 31.8 Å². The summed E-state index contributed by atoms with van der Waals surface area (Å²) in [5, 5.41) is 5.86. The van der Waals surface area contributed by atoms with Crippen LogP contribution in [-0.2, 0) is 17.7 Å². The van der Waals surface area contributed by atoms with Gasteiger partial charge in [0.05, 0.1) is 23.9 Å². The van der Waals surface area contributed by atoms with Crippen molar-refractivity contribution in [1.29, 1.82) is 0 Å². The molecule has 1 atom stereocenters. The molecular weight excluding hydrogens is 336 g/mol. The monoisotopic (exact) mass is 360 g/mol. The number of thiazole rings is 1. The van der Waals surface area contributed by atoms with Gasteiger partial charge in [0.2, 0.25) is 0 Å². The minimum Gasteiger partial charge on any atom is -0.380 e. The maximum Gasteiger partial charge on any atom is 0.253 e. The zero-order valence-corrected chi connectivity index (χ0v) is 15.5. The van der Waals surface area contributed by atoms with Crippen molar-refractivity contribution < 1.29 is 9.53 Å². The molecule has 7 heteroatoms. The Hall–Kier alpha value is -1.99. The predicted octanol–water partition coefficient (Wildman–Crippen LogP) is 2.65. The number of hydrogen-bond acceptors (Lipinski definition) is 6. The highest BCUT2D eigenvalue weighted by Crippen LogP contribution is 2.19. The summed E-state index contributed by atoms with van der Waals surface area (Å²) >= 11 is 1.57. The average molecular weight is 360 g/mol. The van der Waals surface area contributed by atoms with Crippen molar-refractivity contribution >= 4 is 23.1 Å². The number of carbonyl (C=O) groups excluding carboxylic acids is 1. The number of amides is 1. The van der Waals surface area contributed by atoms with Gasteiger partial charge in [-0.3, -0.25) is 4.79 Å². The Bertz CT molecular complexity index is 701. The molecule has 25 heavy (non-hydrogen) atoms. The number of nitrogens with zero attached hydrogens (tertiary/aromatic N) is 3. The second-order valence-corrected chi connectivity index (χ2v) is 7.06. The van der Waals surface area contributed by atoms with E-state index in [0.717, 1.165) is 48.9 Å². The van der Waals surface area contributed by atoms with E-state index in [1.807, 2.05) is 17.5 Å². The number of hydrogen-bond donors (Lipinski definition) is 1. The lowest BCUT2D eigenvalue weighted by Gasteiger charge is -2.32. The van der Waals surface area contributed by atoms with Crippen LogP contribution < -0.4 is 10.2 Å². The quantitative estimate of drug-likeness (QED) is 0.858. The molecule has 1 aliphatic heterocycles. The number of carbonyl (C=O) groups is 1. The smallest absolute Gasteiger partial charge is 0.253 e. The molecule has 1 amide bonds. The highest BCUT2D eigenvalue weighted by atomic mass is 32.1. The molecule has 0 aliphatic carbocycles. The minimum absolute atomic E-state index is 0.124. The van der Waals surface area contributed by atoms with Gasteiger partial charge in [-0.25, -0.2) is 9.97 Å². The predicted molar refractivity (Wildman–Crippen MR) is 99.1 cm³/mol. The first-order valence-corrected chi connectivity index (χ1v) is 9.52. The highest BCUT2D eigenvalue weighted by molar-refractivity contribution is 7.09. The van der Waals surface area contributed by atoms with E-state index in [2.05, 4.69) is 27.1 Å². The Morgan fingerprint density at radius 3 is 3.04 bits per heavy atom. The zero-order valence-electron chi connectivity index (χ0n) is 14.7. The van der Waals surface area contributed by atoms with Gasteiger partial charge in [-0.05, 0) is 31.4 Å². The fourth-order valence-electron chi connectivity index (χ4n) is 2.90. The van der Waals surface area contributed by atoms with Crippen LogP contribution in [0.15, 0.2) is 23.7 Å². The molecular formula is C18H24N4O2S. The Labute approximate surface area is 152 Å². The van der Waals surface area contributed by atoms with Crippen LogP contribution in [0.3, 0.4) is 0 Å². The number of nitrogens with one attached hydrogen (secondary N) is 1. The molecule has 0 radical (unpaired) electrons. The number of piperidine rings is 1. The first-order valence-electron chi connectivity index (χ1n) is 8.65. The van der Waals surface area contributed by atoms with Gasteiger partial charge in [-0.1, -0.05) is 6.92 Å². The van der Waals surface area contributed by atoms with Crippen molar-refractivity contribution in [1.82, 2.24) is 15.3 Å². The summed E-state index contributed by atoms with van der Waals surface area (Å²) in [6, 6.07) is 3.74. The fraction of sp³-hybridized carbons (Fsp3) is 0.500. The first-order chi connectivity index (χ1) is 12.2. The number of rotatable bonds is 6. The van der Waals surface area contributed by atoms with Gasteiger partial charge in [-0.2, -0.15) is 0 Å². The van der Waals surface area contributed by atoms with Crippen molar-refractivity contribution in [2.45, 2.75) is 38.8 Å². The van der Waals surface area contributed by atoms with Gasteiger partial charge in [0.15, 0.2) is 0 Å². The molecule has 1 N–H and O–H groups in total. The summed E-state index contributed by atoms with van der Waals surface area (Å²) in [5.74, 6) is 0.770. The van der Waals surface area contributed by atoms with Crippen molar-refractivity contribution in [2.24, 2.45) is 0 Å². The Balaban J connectivity index is 1.56. The third-order valence-electron chi connectivity index (χ3n) is 4.41. The first kappa shape index (κ1) is 17.8. The van der Waals surface area contributed by atoms with Crippen LogP contribution in [0.1, 0.15) is 40.8 Å². The molecule has 1 saturated heterocycles. The van der Waals surface area contributed by atoms with Gasteiger partial charge < -0.3 is 15.0 Å². The third-order valence-corrected chi connectivity index (χ3v) is 5.30. The standard InChI is InChI=1S/C18H24N4O2S/c1-3-14-12-25-17(21-14)10-20-18(23)13-6-7-16(19-9-13)22-8-4-5-15(11-22)24-2/h6-7,9,12,15H,3-5,8,10-11H2,1-2H3,(H,20,23). The van der Waals surface area contributed by atoms with Gasteiger partial charge >= 0.3 is 0 Å². The van der Waals surface area contributed by atoms with Gasteiger partial charge in [-0.15, -0.1) is 11.3 Å². The van der Waals surface area contributed by atoms with Crippen LogP contribution in [0, 0.1) is 0 Å². The van der Waals surface area contributed by atoms with E-state index < -0.39 is 0 Å². The molecule has 0 aromatic carbocycles. The van der Waals surface area contributed by atoms with E-state index in [-0.39, 0.29) is 12.0 Å². The lowest BCUT2D eigenvalue weighted by Crippen LogP contribution is -2.39. The molecule has 6 nitrogen and oxygen atoms in total. The zero-order chi connectivity index (χ0) is 17.6. The van der Waals surface area contributed by atoms with Crippen molar-refractivity contribution in [3.63, 3.8) is 0 Å². The van der Waals surface area contributed by atoms with Gasteiger partial charge in [0.25, 0.3) is 5.91 Å². The maximum absolute atomic E-state index is 12.3. The SMILES string of the molecule is CCc1csc(CNC(=O)c2ccc(N3CCCC(OC)C3)nc2)n1. The lowest BCUT2D eigenvalue weighted by atomic mass is 10.1. The van der Waals surface area contributed by atoms with Crippen molar-refractivity contribution in [2.75, 3.05) is 25.1 Å². The van der Waals surface area contributed by atoms with Crippen molar-refractivity contribution in [3.8, 4) is 0 Å². The number of pyridine rings is 1. The molecule has 2 aromatic rings. The van der Waals surface area contributed by atoms with Crippen LogP contribution in [0.25, 0.3) is 0 Å². The molecule has 0 spiro atoms. The summed E-state index contributed by atoms with van der Waals surface area (Å²) in [5.41, 5.74) is 1.63. The summed E-state index contributed by atoms with van der Waals surface area (Å²) < 4.78 is 5.45. The average Bonchev–Trinajstić information content (AvgIpc) is 3.14. The molecule has 1 aliphatic rings. The number of aryl methyl sites for hydroxylation is 1. The lowest BCUT2D eigenvalue weighted by molar-refractivity contribution is 0.0891. The van der Waals surface area contributed by atoms with Crippen LogP contribution in [0.5, 0.6) is 0 Å². The van der Waals surface area contributed by atoms with E-state index in [1.165, 1.54) is 0 Å². The maximum atomic E-state index is 12.3. The van der Waals surface area contributed by atoms with E-state index in [1.54, 1.807) is 24.6 Å². The number of aromatic nitrogens is 2. The minimum atomic E-state index is -0.124. The molecule has 0 saturated carbocycles. The molecule has 3 heterocycles. The van der Waals surface area contributed by atoms with Crippen molar-refractivity contribution in [3.05, 3.63) is 40.0 Å². The second-order valence-electron chi connectivity index (χ2n) is 6.12. The fourth-order valence-corrected chi connectivity index (χ4v) is 3.71. The van der Waals surface area contributed by atoms with E-state index in [9.17, 15) is 4.79 Å². The van der Waals surface area contributed by atoms with Crippen LogP contribution in [-0.4, -0.2) is 42.2 Å². The third kappa shape index (κ3) is 4.55. The largest absolute Gasteiger partial charge is 0.380 e. The number of methoxy groups -OCH3 is 1. The summed E-state index contributed by atoms with van der Waals surface area (Å²) in [6.45, 7) is 4.34. The normalized spacial score (nSPS) is 17.5. The molecule has 134 valence electrons. The Kier molecular flexibility index (Phi) is 5.99. The molecule has 0 bridgehead atoms. The van der Waals surface area contributed by atoms with Gasteiger partial charge in [0.1, 0.15) is 10.8 Å². The summed E-state index contributed by atoms with van der Waals surface area (Å²) in [7, 11) is 1.75. The van der Waals surface area contributed by atoms with Crippen LogP contribution in [0.2, 0.25) is 0 Å². The molecule has 1 unspecified atom stereocenters. The molecule has 3 rings (SSSR count). The Morgan fingerprint density at radius 1 is 1.48 bits per heavy atom.